The summed E-state index contributed by atoms with van der Waals surface area (Å²) in [4.78, 5) is 5.31. The number of hydrogen-bond acceptors (Lipinski definition) is 3. The number of alkyl halides is 3. The first-order valence-corrected chi connectivity index (χ1v) is 5.95. The van der Waals surface area contributed by atoms with Gasteiger partial charge in [0.15, 0.2) is 0 Å². The zero-order chi connectivity index (χ0) is 14.0. The van der Waals surface area contributed by atoms with E-state index in [1.807, 2.05) is 0 Å². The van der Waals surface area contributed by atoms with Crippen LogP contribution in [0.25, 0.3) is 0 Å². The van der Waals surface area contributed by atoms with E-state index >= 15 is 0 Å². The van der Waals surface area contributed by atoms with Crippen LogP contribution >= 0.6 is 0 Å². The fraction of sp³-hybridized carbons (Fsp3) is 0.500. The van der Waals surface area contributed by atoms with Crippen LogP contribution in [0.3, 0.4) is 0 Å². The second-order valence-electron chi connectivity index (χ2n) is 4.71. The highest BCUT2D eigenvalue weighted by Crippen LogP contribution is 2.31. The van der Waals surface area contributed by atoms with Gasteiger partial charge in [-0.1, -0.05) is 0 Å². The lowest BCUT2D eigenvalue weighted by Gasteiger charge is -2.23. The Morgan fingerprint density at radius 1 is 1.47 bits per heavy atom. The maximum atomic E-state index is 12.5. The summed E-state index contributed by atoms with van der Waals surface area (Å²) in [6.45, 7) is -0.706. The molecule has 1 saturated carbocycles. The van der Waals surface area contributed by atoms with Crippen LogP contribution in [0.2, 0.25) is 0 Å². The molecule has 1 heterocycles. The zero-order valence-electron chi connectivity index (χ0n) is 10.2. The van der Waals surface area contributed by atoms with Gasteiger partial charge in [0.05, 0.1) is 6.54 Å². The van der Waals surface area contributed by atoms with Gasteiger partial charge in [0.25, 0.3) is 0 Å². The van der Waals surface area contributed by atoms with E-state index in [4.69, 9.17) is 11.1 Å². The molecule has 0 radical (unpaired) electrons. The topological polar surface area (TPSA) is 66.0 Å². The molecule has 1 fully saturated rings. The Hall–Kier alpha value is -1.63. The molecule has 1 aromatic heterocycles. The van der Waals surface area contributed by atoms with E-state index in [0.717, 1.165) is 12.8 Å². The van der Waals surface area contributed by atoms with Gasteiger partial charge in [0, 0.05) is 18.8 Å². The summed E-state index contributed by atoms with van der Waals surface area (Å²) in [5, 5.41) is 7.28. The molecule has 4 nitrogen and oxygen atoms in total. The van der Waals surface area contributed by atoms with Crippen molar-refractivity contribution in [3.05, 3.63) is 29.6 Å². The molecule has 1 aromatic rings. The molecule has 0 unspecified atom stereocenters. The van der Waals surface area contributed by atoms with E-state index in [1.54, 1.807) is 12.1 Å². The normalized spacial score (nSPS) is 15.8. The molecular formula is C12H15F3N4. The number of nitrogens with zero attached hydrogens (tertiary/aromatic N) is 2. The standard InChI is InChI=1S/C12H15F3N4/c13-12(14,15)7-19(9-1-2-9)6-8-3-4-18-10(5-8)11(16)17/h3-5,9H,1-2,6-7H2,(H3,16,17). The van der Waals surface area contributed by atoms with Crippen LogP contribution in [0.15, 0.2) is 18.3 Å². The molecule has 0 bridgehead atoms. The summed E-state index contributed by atoms with van der Waals surface area (Å²) in [6.07, 6.45) is -1.12. The Morgan fingerprint density at radius 2 is 2.16 bits per heavy atom. The maximum Gasteiger partial charge on any atom is 0.401 e. The third kappa shape index (κ3) is 4.20. The highest BCUT2D eigenvalue weighted by molar-refractivity contribution is 5.93. The van der Waals surface area contributed by atoms with Gasteiger partial charge < -0.3 is 5.73 Å². The lowest BCUT2D eigenvalue weighted by molar-refractivity contribution is -0.148. The van der Waals surface area contributed by atoms with Gasteiger partial charge in [-0.3, -0.25) is 15.3 Å². The zero-order valence-corrected chi connectivity index (χ0v) is 10.2. The fourth-order valence-corrected chi connectivity index (χ4v) is 1.94. The van der Waals surface area contributed by atoms with E-state index in [1.165, 1.54) is 11.1 Å². The Morgan fingerprint density at radius 3 is 2.68 bits per heavy atom. The van der Waals surface area contributed by atoms with Crippen molar-refractivity contribution in [3.8, 4) is 0 Å². The first-order chi connectivity index (χ1) is 8.85. The van der Waals surface area contributed by atoms with E-state index in [-0.39, 0.29) is 18.4 Å². The molecule has 19 heavy (non-hydrogen) atoms. The van der Waals surface area contributed by atoms with E-state index in [2.05, 4.69) is 4.98 Å². The van der Waals surface area contributed by atoms with Gasteiger partial charge in [-0.25, -0.2) is 0 Å². The van der Waals surface area contributed by atoms with Crippen LogP contribution in [0.1, 0.15) is 24.1 Å². The Balaban J connectivity index is 2.08. The van der Waals surface area contributed by atoms with Crippen molar-refractivity contribution in [1.29, 1.82) is 5.41 Å². The van der Waals surface area contributed by atoms with Crippen LogP contribution in [0.5, 0.6) is 0 Å². The van der Waals surface area contributed by atoms with Crippen molar-refractivity contribution in [1.82, 2.24) is 9.88 Å². The van der Waals surface area contributed by atoms with Gasteiger partial charge >= 0.3 is 6.18 Å². The predicted molar refractivity (Wildman–Crippen MR) is 64.7 cm³/mol. The number of nitrogens with two attached hydrogens (primary N) is 1. The summed E-state index contributed by atoms with van der Waals surface area (Å²) >= 11 is 0. The number of hydrogen-bond donors (Lipinski definition) is 2. The second-order valence-corrected chi connectivity index (χ2v) is 4.71. The molecule has 0 amide bonds. The van der Waals surface area contributed by atoms with Gasteiger partial charge in [-0.2, -0.15) is 13.2 Å². The molecular weight excluding hydrogens is 257 g/mol. The van der Waals surface area contributed by atoms with Crippen molar-refractivity contribution in [2.24, 2.45) is 5.73 Å². The molecule has 0 aliphatic heterocycles. The van der Waals surface area contributed by atoms with Crippen LogP contribution in [0, 0.1) is 5.41 Å². The van der Waals surface area contributed by atoms with Crippen molar-refractivity contribution in [2.75, 3.05) is 6.54 Å². The van der Waals surface area contributed by atoms with Crippen molar-refractivity contribution in [3.63, 3.8) is 0 Å². The molecule has 1 aliphatic carbocycles. The number of amidine groups is 1. The van der Waals surface area contributed by atoms with E-state index in [9.17, 15) is 13.2 Å². The smallest absolute Gasteiger partial charge is 0.382 e. The number of aromatic nitrogens is 1. The Labute approximate surface area is 108 Å². The lowest BCUT2D eigenvalue weighted by Crippen LogP contribution is -2.35. The SMILES string of the molecule is N=C(N)c1cc(CN(CC(F)(F)F)C2CC2)ccn1. The van der Waals surface area contributed by atoms with Gasteiger partial charge in [0.2, 0.25) is 0 Å². The van der Waals surface area contributed by atoms with Crippen LogP contribution < -0.4 is 5.73 Å². The molecule has 2 rings (SSSR count). The quantitative estimate of drug-likeness (QED) is 0.635. The fourth-order valence-electron chi connectivity index (χ4n) is 1.94. The van der Waals surface area contributed by atoms with Crippen LogP contribution in [0.4, 0.5) is 13.2 Å². The second kappa shape index (κ2) is 5.16. The molecule has 1 aliphatic rings. The maximum absolute atomic E-state index is 12.5. The summed E-state index contributed by atoms with van der Waals surface area (Å²) in [6, 6.07) is 3.22. The first kappa shape index (κ1) is 13.8. The first-order valence-electron chi connectivity index (χ1n) is 5.95. The van der Waals surface area contributed by atoms with Gasteiger partial charge in [-0.05, 0) is 30.5 Å². The highest BCUT2D eigenvalue weighted by Gasteiger charge is 2.37. The van der Waals surface area contributed by atoms with Crippen LogP contribution in [-0.4, -0.2) is 34.5 Å². The van der Waals surface area contributed by atoms with Crippen molar-refractivity contribution in [2.45, 2.75) is 31.6 Å². The minimum absolute atomic E-state index is 0.00979. The number of pyridine rings is 1. The molecule has 7 heteroatoms. The largest absolute Gasteiger partial charge is 0.401 e. The van der Waals surface area contributed by atoms with Crippen molar-refractivity contribution >= 4 is 5.84 Å². The number of rotatable bonds is 5. The monoisotopic (exact) mass is 272 g/mol. The highest BCUT2D eigenvalue weighted by atomic mass is 19.4. The molecule has 0 saturated heterocycles. The number of nitrogens with one attached hydrogen (secondary N) is 1. The molecule has 3 N–H and O–H groups in total. The minimum Gasteiger partial charge on any atom is -0.382 e. The Bertz CT molecular complexity index is 468. The number of halogens is 3. The molecule has 0 aromatic carbocycles. The summed E-state index contributed by atoms with van der Waals surface area (Å²) in [5.74, 6) is -0.185. The van der Waals surface area contributed by atoms with E-state index < -0.39 is 12.7 Å². The predicted octanol–water partition coefficient (Wildman–Crippen LogP) is 1.89. The average Bonchev–Trinajstić information content (AvgIpc) is 3.10. The molecule has 104 valence electrons. The van der Waals surface area contributed by atoms with Gasteiger partial charge in [0.1, 0.15) is 11.5 Å². The number of nitrogen functional groups attached to an aromatic ring is 1. The Kier molecular flexibility index (Phi) is 3.75. The third-order valence-electron chi connectivity index (χ3n) is 2.93. The molecule has 0 atom stereocenters. The summed E-state index contributed by atoms with van der Waals surface area (Å²) < 4.78 is 37.5. The van der Waals surface area contributed by atoms with E-state index in [0.29, 0.717) is 11.3 Å². The van der Waals surface area contributed by atoms with Crippen molar-refractivity contribution < 1.29 is 13.2 Å². The molecule has 0 spiro atoms. The average molecular weight is 272 g/mol. The summed E-state index contributed by atoms with van der Waals surface area (Å²) in [7, 11) is 0. The third-order valence-corrected chi connectivity index (χ3v) is 2.93. The summed E-state index contributed by atoms with van der Waals surface area (Å²) in [5.41, 5.74) is 6.30. The minimum atomic E-state index is -4.20. The van der Waals surface area contributed by atoms with Gasteiger partial charge in [-0.15, -0.1) is 0 Å². The lowest BCUT2D eigenvalue weighted by atomic mass is 10.2. The van der Waals surface area contributed by atoms with Crippen LogP contribution in [-0.2, 0) is 6.54 Å².